The summed E-state index contributed by atoms with van der Waals surface area (Å²) in [5.41, 5.74) is 6.75. The van der Waals surface area contributed by atoms with Gasteiger partial charge in [0, 0.05) is 31.7 Å². The lowest BCUT2D eigenvalue weighted by molar-refractivity contribution is -0.129. The maximum absolute atomic E-state index is 11.9. The lowest BCUT2D eigenvalue weighted by Gasteiger charge is -2.16. The highest BCUT2D eigenvalue weighted by molar-refractivity contribution is 5.95. The molecule has 20 heavy (non-hydrogen) atoms. The molecule has 1 aliphatic heterocycles. The third kappa shape index (κ3) is 3.40. The van der Waals surface area contributed by atoms with E-state index in [4.69, 9.17) is 10.8 Å². The Morgan fingerprint density at radius 2 is 2.00 bits per heavy atom. The average Bonchev–Trinajstić information content (AvgIpc) is 2.92. The highest BCUT2D eigenvalue weighted by Gasteiger charge is 2.17. The Bertz CT molecular complexity index is 510. The first-order valence-corrected chi connectivity index (χ1v) is 6.72. The van der Waals surface area contributed by atoms with Crippen molar-refractivity contribution in [2.24, 2.45) is 0 Å². The van der Waals surface area contributed by atoms with Crippen LogP contribution in [0.3, 0.4) is 0 Å². The Hall–Kier alpha value is -2.24. The van der Waals surface area contributed by atoms with Crippen LogP contribution in [-0.2, 0) is 4.79 Å². The van der Waals surface area contributed by atoms with Crippen molar-refractivity contribution < 1.29 is 14.7 Å². The number of nitrogens with two attached hydrogens (primary N) is 1. The summed E-state index contributed by atoms with van der Waals surface area (Å²) < 4.78 is 0. The monoisotopic (exact) mass is 277 g/mol. The molecule has 0 aliphatic carbocycles. The van der Waals surface area contributed by atoms with Crippen molar-refractivity contribution in [3.8, 4) is 0 Å². The van der Waals surface area contributed by atoms with Crippen LogP contribution in [0, 0.1) is 0 Å². The van der Waals surface area contributed by atoms with E-state index >= 15 is 0 Å². The highest BCUT2D eigenvalue weighted by atomic mass is 16.4. The van der Waals surface area contributed by atoms with Crippen molar-refractivity contribution in [3.05, 3.63) is 23.8 Å². The Balaban J connectivity index is 1.91. The summed E-state index contributed by atoms with van der Waals surface area (Å²) in [4.78, 5) is 24.8. The van der Waals surface area contributed by atoms with Crippen molar-refractivity contribution in [3.63, 3.8) is 0 Å². The summed E-state index contributed by atoms with van der Waals surface area (Å²) in [6, 6.07) is 4.58. The molecule has 1 aliphatic rings. The largest absolute Gasteiger partial charge is 0.478 e. The first kappa shape index (κ1) is 14.2. The van der Waals surface area contributed by atoms with E-state index < -0.39 is 5.97 Å². The van der Waals surface area contributed by atoms with E-state index in [1.807, 2.05) is 4.90 Å². The van der Waals surface area contributed by atoms with Crippen molar-refractivity contribution in [2.45, 2.75) is 19.3 Å². The predicted octanol–water partition coefficient (Wildman–Crippen LogP) is 1.39. The van der Waals surface area contributed by atoms with Gasteiger partial charge in [-0.2, -0.15) is 0 Å². The van der Waals surface area contributed by atoms with Gasteiger partial charge in [0.2, 0.25) is 5.91 Å². The van der Waals surface area contributed by atoms with Gasteiger partial charge in [0.1, 0.15) is 0 Å². The number of anilines is 2. The number of hydrogen-bond acceptors (Lipinski definition) is 4. The molecule has 4 N–H and O–H groups in total. The van der Waals surface area contributed by atoms with E-state index in [9.17, 15) is 9.59 Å². The minimum atomic E-state index is -1.02. The van der Waals surface area contributed by atoms with Crippen LogP contribution in [0.2, 0.25) is 0 Å². The van der Waals surface area contributed by atoms with Crippen LogP contribution in [0.15, 0.2) is 18.2 Å². The van der Waals surface area contributed by atoms with E-state index in [1.165, 1.54) is 6.07 Å². The van der Waals surface area contributed by atoms with Gasteiger partial charge in [0.05, 0.1) is 11.3 Å². The summed E-state index contributed by atoms with van der Waals surface area (Å²) in [5, 5.41) is 12.1. The maximum Gasteiger partial charge on any atom is 0.337 e. The zero-order valence-electron chi connectivity index (χ0n) is 11.3. The van der Waals surface area contributed by atoms with Crippen LogP contribution in [0.4, 0.5) is 11.4 Å². The average molecular weight is 277 g/mol. The van der Waals surface area contributed by atoms with Crippen molar-refractivity contribution in [2.75, 3.05) is 30.7 Å². The van der Waals surface area contributed by atoms with Crippen LogP contribution in [-0.4, -0.2) is 41.5 Å². The van der Waals surface area contributed by atoms with Crippen LogP contribution >= 0.6 is 0 Å². The van der Waals surface area contributed by atoms with Crippen LogP contribution < -0.4 is 11.1 Å². The Morgan fingerprint density at radius 3 is 2.65 bits per heavy atom. The molecule has 1 fully saturated rings. The summed E-state index contributed by atoms with van der Waals surface area (Å²) in [6.45, 7) is 2.06. The molecule has 0 atom stereocenters. The molecule has 0 spiro atoms. The fourth-order valence-electron chi connectivity index (χ4n) is 2.32. The van der Waals surface area contributed by atoms with Gasteiger partial charge in [-0.25, -0.2) is 4.79 Å². The second-order valence-electron chi connectivity index (χ2n) is 4.87. The van der Waals surface area contributed by atoms with Crippen LogP contribution in [0.25, 0.3) is 0 Å². The number of rotatable bonds is 5. The number of benzene rings is 1. The number of likely N-dealkylation sites (tertiary alicyclic amines) is 1. The number of aromatic carboxylic acids is 1. The van der Waals surface area contributed by atoms with E-state index in [1.54, 1.807) is 12.1 Å². The first-order chi connectivity index (χ1) is 9.58. The number of hydrogen-bond donors (Lipinski definition) is 3. The van der Waals surface area contributed by atoms with Gasteiger partial charge in [-0.15, -0.1) is 0 Å². The van der Waals surface area contributed by atoms with Crippen molar-refractivity contribution in [1.82, 2.24) is 4.90 Å². The lowest BCUT2D eigenvalue weighted by atomic mass is 10.1. The molecule has 1 aromatic rings. The molecule has 0 radical (unpaired) electrons. The van der Waals surface area contributed by atoms with Crippen molar-refractivity contribution in [1.29, 1.82) is 0 Å². The Kier molecular flexibility index (Phi) is 4.45. The first-order valence-electron chi connectivity index (χ1n) is 6.72. The summed E-state index contributed by atoms with van der Waals surface area (Å²) in [7, 11) is 0. The van der Waals surface area contributed by atoms with E-state index in [2.05, 4.69) is 5.32 Å². The molecule has 108 valence electrons. The van der Waals surface area contributed by atoms with E-state index in [0.717, 1.165) is 25.9 Å². The van der Waals surface area contributed by atoms with Crippen molar-refractivity contribution >= 4 is 23.3 Å². The lowest BCUT2D eigenvalue weighted by Crippen LogP contribution is -2.29. The fourth-order valence-corrected chi connectivity index (χ4v) is 2.32. The molecular weight excluding hydrogens is 258 g/mol. The van der Waals surface area contributed by atoms with E-state index in [0.29, 0.717) is 24.3 Å². The molecule has 1 amide bonds. The number of carboxylic acid groups (broad SMARTS) is 1. The van der Waals surface area contributed by atoms with Gasteiger partial charge in [0.15, 0.2) is 0 Å². The minimum absolute atomic E-state index is 0.107. The van der Waals surface area contributed by atoms with Gasteiger partial charge in [-0.3, -0.25) is 4.79 Å². The predicted molar refractivity (Wildman–Crippen MR) is 76.7 cm³/mol. The van der Waals surface area contributed by atoms with Gasteiger partial charge in [-0.1, -0.05) is 0 Å². The van der Waals surface area contributed by atoms with Crippen LogP contribution in [0.1, 0.15) is 29.6 Å². The second-order valence-corrected chi connectivity index (χ2v) is 4.87. The third-order valence-electron chi connectivity index (χ3n) is 3.39. The topological polar surface area (TPSA) is 95.7 Å². The van der Waals surface area contributed by atoms with Gasteiger partial charge < -0.3 is 21.1 Å². The number of carbonyl (C=O) groups excluding carboxylic acids is 1. The zero-order chi connectivity index (χ0) is 14.5. The second kappa shape index (κ2) is 6.27. The number of carboxylic acids is 1. The maximum atomic E-state index is 11.9. The number of nitrogen functional groups attached to an aromatic ring is 1. The minimum Gasteiger partial charge on any atom is -0.478 e. The number of nitrogens with one attached hydrogen (secondary N) is 1. The van der Waals surface area contributed by atoms with E-state index in [-0.39, 0.29) is 11.5 Å². The molecular formula is C14H19N3O3. The Morgan fingerprint density at radius 1 is 1.30 bits per heavy atom. The fraction of sp³-hybridized carbons (Fsp3) is 0.429. The standard InChI is InChI=1S/C14H19N3O3/c15-10-3-4-11(14(19)20)12(9-10)16-6-5-13(18)17-7-1-2-8-17/h3-4,9,16H,1-2,5-8,15H2,(H,19,20). The summed E-state index contributed by atoms with van der Waals surface area (Å²) in [6.07, 6.45) is 2.49. The molecule has 0 unspecified atom stereocenters. The van der Waals surface area contributed by atoms with Gasteiger partial charge >= 0.3 is 5.97 Å². The molecule has 2 rings (SSSR count). The number of carbonyl (C=O) groups is 2. The zero-order valence-corrected chi connectivity index (χ0v) is 11.3. The molecule has 6 heteroatoms. The van der Waals surface area contributed by atoms with Crippen LogP contribution in [0.5, 0.6) is 0 Å². The van der Waals surface area contributed by atoms with Gasteiger partial charge in [0.25, 0.3) is 0 Å². The third-order valence-corrected chi connectivity index (χ3v) is 3.39. The molecule has 1 aromatic carbocycles. The number of amides is 1. The normalized spacial score (nSPS) is 14.3. The SMILES string of the molecule is Nc1ccc(C(=O)O)c(NCCC(=O)N2CCCC2)c1. The molecule has 0 saturated carbocycles. The molecule has 0 aromatic heterocycles. The Labute approximate surface area is 117 Å². The summed E-state index contributed by atoms with van der Waals surface area (Å²) >= 11 is 0. The molecule has 1 saturated heterocycles. The van der Waals surface area contributed by atoms with Gasteiger partial charge in [-0.05, 0) is 31.0 Å². The number of nitrogens with zero attached hydrogens (tertiary/aromatic N) is 1. The highest BCUT2D eigenvalue weighted by Crippen LogP contribution is 2.19. The quantitative estimate of drug-likeness (QED) is 0.707. The molecule has 1 heterocycles. The molecule has 0 bridgehead atoms. The smallest absolute Gasteiger partial charge is 0.337 e. The summed E-state index contributed by atoms with van der Waals surface area (Å²) in [5.74, 6) is -0.908. The molecule has 6 nitrogen and oxygen atoms in total.